The molecular formula is C23H28N4O2. The van der Waals surface area contributed by atoms with Crippen molar-refractivity contribution in [2.45, 2.75) is 50.4 Å². The average molecular weight is 393 g/mol. The highest BCUT2D eigenvalue weighted by molar-refractivity contribution is 5.94. The molecule has 2 amide bonds. The van der Waals surface area contributed by atoms with E-state index in [9.17, 15) is 9.59 Å². The zero-order valence-electron chi connectivity index (χ0n) is 16.9. The van der Waals surface area contributed by atoms with Gasteiger partial charge in [-0.3, -0.25) is 14.7 Å². The van der Waals surface area contributed by atoms with Gasteiger partial charge in [0.05, 0.1) is 5.92 Å². The van der Waals surface area contributed by atoms with Crippen molar-refractivity contribution in [1.82, 2.24) is 15.1 Å². The smallest absolute Gasteiger partial charge is 0.245 e. The highest BCUT2D eigenvalue weighted by Crippen LogP contribution is 2.39. The molecule has 1 unspecified atom stereocenters. The summed E-state index contributed by atoms with van der Waals surface area (Å²) in [6, 6.07) is 10.3. The van der Waals surface area contributed by atoms with Crippen molar-refractivity contribution in [3.63, 3.8) is 0 Å². The number of anilines is 1. The SMILES string of the molecule is C=CC(=O)N1CCC(c2ccc(C(C)C(=O)Nc3cc(C4CC4)[nH]n3)cc2)CC1. The molecule has 2 fully saturated rings. The van der Waals surface area contributed by atoms with E-state index >= 15 is 0 Å². The number of benzene rings is 1. The lowest BCUT2D eigenvalue weighted by Crippen LogP contribution is -2.36. The van der Waals surface area contributed by atoms with Crippen LogP contribution < -0.4 is 5.32 Å². The number of likely N-dealkylation sites (tertiary alicyclic amines) is 1. The number of aromatic amines is 1. The lowest BCUT2D eigenvalue weighted by atomic mass is 9.88. The topological polar surface area (TPSA) is 78.1 Å². The highest BCUT2D eigenvalue weighted by Gasteiger charge is 2.26. The van der Waals surface area contributed by atoms with Gasteiger partial charge in [0.1, 0.15) is 0 Å². The van der Waals surface area contributed by atoms with E-state index < -0.39 is 0 Å². The first-order valence-electron chi connectivity index (χ1n) is 10.4. The molecule has 1 aromatic carbocycles. The Kier molecular flexibility index (Phi) is 5.51. The molecule has 2 aromatic rings. The fourth-order valence-electron chi connectivity index (χ4n) is 4.01. The van der Waals surface area contributed by atoms with Gasteiger partial charge in [0, 0.05) is 30.8 Å². The van der Waals surface area contributed by atoms with Crippen molar-refractivity contribution < 1.29 is 9.59 Å². The molecule has 1 saturated carbocycles. The van der Waals surface area contributed by atoms with Crippen molar-refractivity contribution in [2.75, 3.05) is 18.4 Å². The van der Waals surface area contributed by atoms with Crippen molar-refractivity contribution in [3.8, 4) is 0 Å². The Morgan fingerprint density at radius 1 is 1.17 bits per heavy atom. The molecule has 152 valence electrons. The van der Waals surface area contributed by atoms with Crippen LogP contribution in [0.3, 0.4) is 0 Å². The molecule has 6 nitrogen and oxygen atoms in total. The van der Waals surface area contributed by atoms with E-state index in [-0.39, 0.29) is 17.7 Å². The lowest BCUT2D eigenvalue weighted by molar-refractivity contribution is -0.127. The van der Waals surface area contributed by atoms with Gasteiger partial charge in [0.25, 0.3) is 0 Å². The maximum Gasteiger partial charge on any atom is 0.245 e. The normalized spacial score (nSPS) is 18.3. The van der Waals surface area contributed by atoms with Gasteiger partial charge in [-0.2, -0.15) is 5.10 Å². The third-order valence-electron chi connectivity index (χ3n) is 6.15. The molecule has 0 spiro atoms. The van der Waals surface area contributed by atoms with E-state index in [4.69, 9.17) is 0 Å². The van der Waals surface area contributed by atoms with Crippen LogP contribution in [0.1, 0.15) is 67.2 Å². The van der Waals surface area contributed by atoms with Crippen LogP contribution in [0.4, 0.5) is 5.82 Å². The van der Waals surface area contributed by atoms with Gasteiger partial charge in [-0.1, -0.05) is 30.8 Å². The van der Waals surface area contributed by atoms with Gasteiger partial charge >= 0.3 is 0 Å². The van der Waals surface area contributed by atoms with Gasteiger partial charge in [-0.25, -0.2) is 0 Å². The summed E-state index contributed by atoms with van der Waals surface area (Å²) in [6.45, 7) is 7.01. The number of carbonyl (C=O) groups is 2. The molecule has 2 heterocycles. The maximum atomic E-state index is 12.6. The summed E-state index contributed by atoms with van der Waals surface area (Å²) in [6.07, 6.45) is 5.69. The van der Waals surface area contributed by atoms with Crippen molar-refractivity contribution in [2.24, 2.45) is 0 Å². The molecule has 2 aliphatic rings. The molecule has 2 N–H and O–H groups in total. The van der Waals surface area contributed by atoms with Crippen LogP contribution in [0.2, 0.25) is 0 Å². The van der Waals surface area contributed by atoms with E-state index in [0.29, 0.717) is 17.7 Å². The van der Waals surface area contributed by atoms with E-state index in [0.717, 1.165) is 37.2 Å². The molecule has 1 aromatic heterocycles. The summed E-state index contributed by atoms with van der Waals surface area (Å²) >= 11 is 0. The number of nitrogens with one attached hydrogen (secondary N) is 2. The first-order chi connectivity index (χ1) is 14.0. The third-order valence-corrected chi connectivity index (χ3v) is 6.15. The molecule has 1 saturated heterocycles. The number of hydrogen-bond acceptors (Lipinski definition) is 3. The second-order valence-electron chi connectivity index (χ2n) is 8.16. The predicted molar refractivity (Wildman–Crippen MR) is 113 cm³/mol. The number of H-pyrrole nitrogens is 1. The number of amides is 2. The Morgan fingerprint density at radius 3 is 2.48 bits per heavy atom. The molecule has 1 aliphatic carbocycles. The Labute approximate surface area is 171 Å². The van der Waals surface area contributed by atoms with Crippen LogP contribution >= 0.6 is 0 Å². The fraction of sp³-hybridized carbons (Fsp3) is 0.435. The number of hydrogen-bond donors (Lipinski definition) is 2. The Balaban J connectivity index is 1.33. The molecule has 1 atom stereocenters. The molecule has 6 heteroatoms. The minimum atomic E-state index is -0.253. The quantitative estimate of drug-likeness (QED) is 0.732. The summed E-state index contributed by atoms with van der Waals surface area (Å²) in [5.74, 6) is 1.34. The summed E-state index contributed by atoms with van der Waals surface area (Å²) in [5.41, 5.74) is 3.37. The van der Waals surface area contributed by atoms with E-state index in [2.05, 4.69) is 34.2 Å². The first-order valence-corrected chi connectivity index (χ1v) is 10.4. The second-order valence-corrected chi connectivity index (χ2v) is 8.16. The van der Waals surface area contributed by atoms with E-state index in [1.54, 1.807) is 0 Å². The number of piperidine rings is 1. The van der Waals surface area contributed by atoms with Crippen LogP contribution in [0.5, 0.6) is 0 Å². The molecule has 0 radical (unpaired) electrons. The van der Waals surface area contributed by atoms with E-state index in [1.165, 1.54) is 24.5 Å². The largest absolute Gasteiger partial charge is 0.339 e. The Bertz CT molecular complexity index is 890. The summed E-state index contributed by atoms with van der Waals surface area (Å²) in [4.78, 5) is 26.2. The van der Waals surface area contributed by atoms with E-state index in [1.807, 2.05) is 30.0 Å². The van der Waals surface area contributed by atoms with Gasteiger partial charge < -0.3 is 10.2 Å². The molecular weight excluding hydrogens is 364 g/mol. The van der Waals surface area contributed by atoms with Gasteiger partial charge in [0.15, 0.2) is 5.82 Å². The Morgan fingerprint density at radius 2 is 1.86 bits per heavy atom. The summed E-state index contributed by atoms with van der Waals surface area (Å²) < 4.78 is 0. The molecule has 29 heavy (non-hydrogen) atoms. The Hall–Kier alpha value is -2.89. The number of carbonyl (C=O) groups excluding carboxylic acids is 2. The molecule has 0 bridgehead atoms. The number of nitrogens with zero attached hydrogens (tertiary/aromatic N) is 2. The highest BCUT2D eigenvalue weighted by atomic mass is 16.2. The summed E-state index contributed by atoms with van der Waals surface area (Å²) in [5, 5.41) is 10.1. The molecule has 1 aliphatic heterocycles. The second kappa shape index (κ2) is 8.23. The fourth-order valence-corrected chi connectivity index (χ4v) is 4.01. The van der Waals surface area contributed by atoms with Crippen molar-refractivity contribution in [1.29, 1.82) is 0 Å². The maximum absolute atomic E-state index is 12.6. The average Bonchev–Trinajstić information content (AvgIpc) is 3.52. The standard InChI is InChI=1S/C23H28N4O2/c1-3-22(28)27-12-10-18(11-13-27)17-6-4-16(5-7-17)15(2)23(29)24-21-14-20(25-26-21)19-8-9-19/h3-7,14-15,18-19H,1,8-13H2,2H3,(H2,24,25,26,29). The van der Waals surface area contributed by atoms with Gasteiger partial charge in [-0.15, -0.1) is 0 Å². The van der Waals surface area contributed by atoms with Gasteiger partial charge in [0.2, 0.25) is 11.8 Å². The number of rotatable bonds is 6. The third kappa shape index (κ3) is 4.42. The monoisotopic (exact) mass is 392 g/mol. The number of aromatic nitrogens is 2. The summed E-state index contributed by atoms with van der Waals surface area (Å²) in [7, 11) is 0. The van der Waals surface area contributed by atoms with Crippen LogP contribution in [0.25, 0.3) is 0 Å². The zero-order chi connectivity index (χ0) is 20.4. The molecule has 4 rings (SSSR count). The van der Waals surface area contributed by atoms with Crippen molar-refractivity contribution in [3.05, 3.63) is 59.8 Å². The van der Waals surface area contributed by atoms with Crippen LogP contribution in [-0.4, -0.2) is 40.0 Å². The van der Waals surface area contributed by atoms with Gasteiger partial charge in [-0.05, 0) is 55.7 Å². The minimum absolute atomic E-state index is 0.0137. The zero-order valence-corrected chi connectivity index (χ0v) is 16.9. The predicted octanol–water partition coefficient (Wildman–Crippen LogP) is 3.92. The lowest BCUT2D eigenvalue weighted by Gasteiger charge is -2.31. The van der Waals surface area contributed by atoms with Crippen LogP contribution in [-0.2, 0) is 9.59 Å². The first kappa shape index (κ1) is 19.4. The van der Waals surface area contributed by atoms with Crippen LogP contribution in [0.15, 0.2) is 43.0 Å². The van der Waals surface area contributed by atoms with Crippen molar-refractivity contribution >= 4 is 17.6 Å². The van der Waals surface area contributed by atoms with Crippen LogP contribution in [0, 0.1) is 0 Å². The minimum Gasteiger partial charge on any atom is -0.339 e.